The van der Waals surface area contributed by atoms with Crippen molar-refractivity contribution < 1.29 is 0 Å². The maximum absolute atomic E-state index is 5.28. The molecule has 0 aliphatic carbocycles. The number of thiophene rings is 1. The van der Waals surface area contributed by atoms with Crippen LogP contribution in [0.5, 0.6) is 0 Å². The molecule has 11 aromatic rings. The maximum atomic E-state index is 5.28. The second-order valence-corrected chi connectivity index (χ2v) is 15.5. The molecule has 0 radical (unpaired) electrons. The highest BCUT2D eigenvalue weighted by atomic mass is 32.1. The number of nitrogens with zero attached hydrogens (tertiary/aromatic N) is 4. The lowest BCUT2D eigenvalue weighted by atomic mass is 9.65. The molecule has 4 nitrogen and oxygen atoms in total. The Hall–Kier alpha value is -7.21. The molecule has 268 valence electrons. The Morgan fingerprint density at radius 3 is 1.37 bits per heavy atom. The first-order valence-corrected chi connectivity index (χ1v) is 20.0. The van der Waals surface area contributed by atoms with Gasteiger partial charge in [0.05, 0.1) is 16.4 Å². The minimum Gasteiger partial charge on any atom is -0.278 e. The second kappa shape index (κ2) is 13.5. The molecule has 0 amide bonds. The summed E-state index contributed by atoms with van der Waals surface area (Å²) in [6, 6.07) is 73.4. The van der Waals surface area contributed by atoms with E-state index < -0.39 is 5.41 Å². The number of para-hydroxylation sites is 2. The Bertz CT molecular complexity index is 3070. The van der Waals surface area contributed by atoms with E-state index in [2.05, 4.69) is 211 Å². The average Bonchev–Trinajstić information content (AvgIpc) is 3.83. The first-order chi connectivity index (χ1) is 28.3. The maximum Gasteiger partial charge on any atom is 0.238 e. The third-order valence-electron chi connectivity index (χ3n) is 11.2. The Balaban J connectivity index is 1.13. The van der Waals surface area contributed by atoms with Crippen LogP contribution in [0, 0.1) is 0 Å². The van der Waals surface area contributed by atoms with Gasteiger partial charge in [0.15, 0.2) is 11.6 Å². The molecule has 0 fully saturated rings. The van der Waals surface area contributed by atoms with Gasteiger partial charge < -0.3 is 0 Å². The third kappa shape index (κ3) is 5.39. The van der Waals surface area contributed by atoms with Gasteiger partial charge in [-0.25, -0.2) is 4.98 Å². The fraction of sp³-hybridized carbons (Fsp3) is 0.0192. The van der Waals surface area contributed by atoms with Crippen molar-refractivity contribution in [2.45, 2.75) is 5.41 Å². The van der Waals surface area contributed by atoms with Crippen LogP contribution in [-0.4, -0.2) is 19.5 Å². The van der Waals surface area contributed by atoms with Crippen molar-refractivity contribution in [2.24, 2.45) is 0 Å². The largest absolute Gasteiger partial charge is 0.278 e. The molecule has 0 atom stereocenters. The van der Waals surface area contributed by atoms with E-state index in [0.29, 0.717) is 17.6 Å². The summed E-state index contributed by atoms with van der Waals surface area (Å²) in [6.45, 7) is 0. The minimum atomic E-state index is -0.555. The summed E-state index contributed by atoms with van der Waals surface area (Å²) in [5, 5.41) is 4.83. The molecule has 0 spiro atoms. The van der Waals surface area contributed by atoms with E-state index in [9.17, 15) is 0 Å². The van der Waals surface area contributed by atoms with E-state index in [0.717, 1.165) is 38.5 Å². The Morgan fingerprint density at radius 2 is 0.789 bits per heavy atom. The number of hydrogen-bond acceptors (Lipinski definition) is 4. The van der Waals surface area contributed by atoms with Crippen molar-refractivity contribution >= 4 is 53.3 Å². The lowest BCUT2D eigenvalue weighted by Crippen LogP contribution is -2.30. The molecule has 3 aromatic heterocycles. The van der Waals surface area contributed by atoms with E-state index in [4.69, 9.17) is 15.0 Å². The molecule has 0 saturated heterocycles. The summed E-state index contributed by atoms with van der Waals surface area (Å²) in [6.07, 6.45) is 0. The topological polar surface area (TPSA) is 43.6 Å². The summed E-state index contributed by atoms with van der Waals surface area (Å²) >= 11 is 1.80. The molecule has 3 heterocycles. The van der Waals surface area contributed by atoms with Crippen LogP contribution in [0.1, 0.15) is 22.3 Å². The van der Waals surface area contributed by atoms with Gasteiger partial charge in [0.25, 0.3) is 0 Å². The van der Waals surface area contributed by atoms with Crippen LogP contribution in [0.2, 0.25) is 0 Å². The summed E-state index contributed by atoms with van der Waals surface area (Å²) in [4.78, 5) is 15.8. The van der Waals surface area contributed by atoms with Gasteiger partial charge in [0.1, 0.15) is 0 Å². The molecule has 8 aromatic carbocycles. The molecule has 57 heavy (non-hydrogen) atoms. The van der Waals surface area contributed by atoms with E-state index in [-0.39, 0.29) is 0 Å². The summed E-state index contributed by atoms with van der Waals surface area (Å²) in [7, 11) is 0. The lowest BCUT2D eigenvalue weighted by Gasteiger charge is -2.37. The smallest absolute Gasteiger partial charge is 0.238 e. The van der Waals surface area contributed by atoms with Gasteiger partial charge in [-0.3, -0.25) is 4.57 Å². The molecule has 0 aliphatic heterocycles. The van der Waals surface area contributed by atoms with Crippen molar-refractivity contribution in [1.82, 2.24) is 19.5 Å². The monoisotopic (exact) mass is 746 g/mol. The quantitative estimate of drug-likeness (QED) is 0.153. The lowest BCUT2D eigenvalue weighted by molar-refractivity contribution is 0.745. The van der Waals surface area contributed by atoms with E-state index in [1.165, 1.54) is 36.9 Å². The normalized spacial score (nSPS) is 11.9. The van der Waals surface area contributed by atoms with Crippen LogP contribution in [0.4, 0.5) is 0 Å². The van der Waals surface area contributed by atoms with Crippen molar-refractivity contribution in [2.75, 3.05) is 0 Å². The Kier molecular flexibility index (Phi) is 7.86. The van der Waals surface area contributed by atoms with Crippen LogP contribution in [0.15, 0.2) is 206 Å². The standard InChI is InChI=1S/C52H34N4S/c1-4-16-37(17-5-1)52(38-18-6-2-7-19-38,39-20-8-3-9-21-39)40-31-28-35(29-32-40)49-53-50(36-30-33-44-43-24-12-15-27-47(43)57-48(44)34-36)55-51(54-49)56-45-25-13-10-22-41(45)42-23-11-14-26-46(42)56/h1-34H. The number of hydrogen-bond donors (Lipinski definition) is 0. The Labute approximate surface area is 334 Å². The van der Waals surface area contributed by atoms with Crippen molar-refractivity contribution in [1.29, 1.82) is 0 Å². The zero-order valence-corrected chi connectivity index (χ0v) is 31.6. The summed E-state index contributed by atoms with van der Waals surface area (Å²) < 4.78 is 4.65. The predicted molar refractivity (Wildman–Crippen MR) is 236 cm³/mol. The molecular formula is C52H34N4S. The first-order valence-electron chi connectivity index (χ1n) is 19.2. The molecular weight excluding hydrogens is 713 g/mol. The Morgan fingerprint density at radius 1 is 0.351 bits per heavy atom. The highest BCUT2D eigenvalue weighted by molar-refractivity contribution is 7.25. The van der Waals surface area contributed by atoms with Crippen molar-refractivity contribution in [3.05, 3.63) is 229 Å². The third-order valence-corrected chi connectivity index (χ3v) is 12.4. The zero-order chi connectivity index (χ0) is 37.8. The molecule has 11 rings (SSSR count). The van der Waals surface area contributed by atoms with Crippen LogP contribution in [0.3, 0.4) is 0 Å². The van der Waals surface area contributed by atoms with Gasteiger partial charge in [-0.05, 0) is 46.5 Å². The van der Waals surface area contributed by atoms with Crippen LogP contribution >= 0.6 is 11.3 Å². The predicted octanol–water partition coefficient (Wildman–Crippen LogP) is 13.1. The van der Waals surface area contributed by atoms with E-state index in [1.807, 2.05) is 0 Å². The van der Waals surface area contributed by atoms with Crippen LogP contribution < -0.4 is 0 Å². The van der Waals surface area contributed by atoms with Crippen molar-refractivity contribution in [3.8, 4) is 28.7 Å². The summed E-state index contributed by atoms with van der Waals surface area (Å²) in [5.41, 5.74) is 8.16. The number of benzene rings is 8. The molecule has 0 aliphatic rings. The fourth-order valence-corrected chi connectivity index (χ4v) is 9.81. The van der Waals surface area contributed by atoms with E-state index >= 15 is 0 Å². The van der Waals surface area contributed by atoms with Crippen LogP contribution in [-0.2, 0) is 5.41 Å². The molecule has 5 heteroatoms. The molecule has 0 saturated carbocycles. The fourth-order valence-electron chi connectivity index (χ4n) is 8.66. The minimum absolute atomic E-state index is 0.555. The molecule has 0 unspecified atom stereocenters. The summed E-state index contributed by atoms with van der Waals surface area (Å²) in [5.74, 6) is 1.83. The van der Waals surface area contributed by atoms with Gasteiger partial charge in [0.2, 0.25) is 5.95 Å². The average molecular weight is 747 g/mol. The highest BCUT2D eigenvalue weighted by Gasteiger charge is 2.38. The van der Waals surface area contributed by atoms with Crippen molar-refractivity contribution in [3.63, 3.8) is 0 Å². The second-order valence-electron chi connectivity index (χ2n) is 14.4. The van der Waals surface area contributed by atoms with Gasteiger partial charge >= 0.3 is 0 Å². The molecule has 0 bridgehead atoms. The SMILES string of the molecule is c1ccc(C(c2ccccc2)(c2ccccc2)c2ccc(-c3nc(-c4ccc5c(c4)sc4ccccc45)nc(-n4c5ccccc5c5ccccc54)n3)cc2)cc1. The molecule has 0 N–H and O–H groups in total. The van der Waals surface area contributed by atoms with Gasteiger partial charge in [-0.15, -0.1) is 11.3 Å². The number of aromatic nitrogens is 4. The van der Waals surface area contributed by atoms with E-state index in [1.54, 1.807) is 11.3 Å². The first kappa shape index (κ1) is 33.2. The zero-order valence-electron chi connectivity index (χ0n) is 30.8. The van der Waals surface area contributed by atoms with Gasteiger partial charge in [-0.1, -0.05) is 182 Å². The van der Waals surface area contributed by atoms with Gasteiger partial charge in [-0.2, -0.15) is 9.97 Å². The number of rotatable bonds is 7. The van der Waals surface area contributed by atoms with Gasteiger partial charge in [0, 0.05) is 42.1 Å². The highest BCUT2D eigenvalue weighted by Crippen LogP contribution is 2.45. The van der Waals surface area contributed by atoms with Crippen LogP contribution in [0.25, 0.3) is 70.7 Å². The number of fused-ring (bicyclic) bond motifs is 6.